The summed E-state index contributed by atoms with van der Waals surface area (Å²) in [5, 5.41) is 12.3. The first-order valence-corrected chi connectivity index (χ1v) is 7.42. The number of nitrogens with zero attached hydrogens (tertiary/aromatic N) is 1. The number of nitrogens with one attached hydrogen (secondary N) is 1. The number of carbonyl (C=O) groups excluding carboxylic acids is 1. The van der Waals surface area contributed by atoms with E-state index in [1.54, 1.807) is 0 Å². The molecule has 1 heterocycles. The molecule has 0 radical (unpaired) electrons. The average molecular weight is 271 g/mol. The predicted molar refractivity (Wildman–Crippen MR) is 76.7 cm³/mol. The third-order valence-corrected chi connectivity index (χ3v) is 3.57. The van der Waals surface area contributed by atoms with Gasteiger partial charge in [0.2, 0.25) is 5.91 Å². The van der Waals surface area contributed by atoms with Crippen molar-refractivity contribution < 1.29 is 9.90 Å². The Bertz CT molecular complexity index is 263. The molecule has 0 aromatic carbocycles. The highest BCUT2D eigenvalue weighted by Gasteiger charge is 2.17. The molecule has 0 saturated carbocycles. The lowest BCUT2D eigenvalue weighted by Crippen LogP contribution is -2.42. The van der Waals surface area contributed by atoms with Crippen molar-refractivity contribution in [3.63, 3.8) is 0 Å². The zero-order valence-corrected chi connectivity index (χ0v) is 12.3. The van der Waals surface area contributed by atoms with E-state index in [9.17, 15) is 9.90 Å². The van der Waals surface area contributed by atoms with Crippen LogP contribution in [0.5, 0.6) is 0 Å². The zero-order valence-electron chi connectivity index (χ0n) is 12.3. The van der Waals surface area contributed by atoms with E-state index >= 15 is 0 Å². The Balaban J connectivity index is 2.05. The Labute approximate surface area is 116 Å². The second-order valence-electron chi connectivity index (χ2n) is 5.95. The summed E-state index contributed by atoms with van der Waals surface area (Å²) in [7, 11) is 0. The van der Waals surface area contributed by atoms with Crippen LogP contribution in [0.1, 0.15) is 39.5 Å². The summed E-state index contributed by atoms with van der Waals surface area (Å²) in [5.41, 5.74) is 5.81. The van der Waals surface area contributed by atoms with Gasteiger partial charge in [0.15, 0.2) is 0 Å². The second-order valence-corrected chi connectivity index (χ2v) is 5.95. The largest absolute Gasteiger partial charge is 0.393 e. The van der Waals surface area contributed by atoms with E-state index in [0.717, 1.165) is 45.3 Å². The number of aliphatic hydroxyl groups excluding tert-OH is 1. The van der Waals surface area contributed by atoms with Crippen molar-refractivity contribution in [1.82, 2.24) is 10.2 Å². The molecule has 0 aliphatic carbocycles. The zero-order chi connectivity index (χ0) is 14.3. The van der Waals surface area contributed by atoms with Crippen molar-refractivity contribution >= 4 is 5.91 Å². The van der Waals surface area contributed by atoms with E-state index < -0.39 is 0 Å². The summed E-state index contributed by atoms with van der Waals surface area (Å²) >= 11 is 0. The predicted octanol–water partition coefficient (Wildman–Crippen LogP) is 0.323. The fourth-order valence-corrected chi connectivity index (χ4v) is 2.40. The number of amides is 1. The first-order valence-electron chi connectivity index (χ1n) is 7.42. The van der Waals surface area contributed by atoms with E-state index in [2.05, 4.69) is 24.1 Å². The van der Waals surface area contributed by atoms with E-state index in [-0.39, 0.29) is 18.1 Å². The van der Waals surface area contributed by atoms with Gasteiger partial charge in [-0.3, -0.25) is 4.79 Å². The van der Waals surface area contributed by atoms with Crippen LogP contribution >= 0.6 is 0 Å². The Morgan fingerprint density at radius 2 is 2.05 bits per heavy atom. The summed E-state index contributed by atoms with van der Waals surface area (Å²) in [6, 6.07) is -0.384. The number of carbonyl (C=O) groups is 1. The van der Waals surface area contributed by atoms with Gasteiger partial charge in [-0.25, -0.2) is 0 Å². The van der Waals surface area contributed by atoms with Gasteiger partial charge in [-0.2, -0.15) is 0 Å². The Morgan fingerprint density at radius 3 is 2.63 bits per heavy atom. The maximum atomic E-state index is 11.7. The van der Waals surface area contributed by atoms with Gasteiger partial charge in [0.05, 0.1) is 12.1 Å². The minimum absolute atomic E-state index is 0.0391. The normalized spacial score (nSPS) is 19.6. The summed E-state index contributed by atoms with van der Waals surface area (Å²) < 4.78 is 0. The van der Waals surface area contributed by atoms with Crippen molar-refractivity contribution in [2.75, 3.05) is 26.2 Å². The van der Waals surface area contributed by atoms with Gasteiger partial charge in [-0.05, 0) is 38.1 Å². The standard InChI is InChI=1S/C14H29N3O2/c1-11(2)10-13(15)14(19)16-6-3-7-17-8-4-12(18)5-9-17/h11-13,18H,3-10,15H2,1-2H3,(H,16,19)/t13-/m0/s1. The van der Waals surface area contributed by atoms with Gasteiger partial charge in [-0.1, -0.05) is 13.8 Å². The quantitative estimate of drug-likeness (QED) is 0.583. The van der Waals surface area contributed by atoms with Gasteiger partial charge in [-0.15, -0.1) is 0 Å². The van der Waals surface area contributed by atoms with Crippen LogP contribution in [-0.4, -0.2) is 54.2 Å². The number of piperidine rings is 1. The highest BCUT2D eigenvalue weighted by molar-refractivity contribution is 5.81. The van der Waals surface area contributed by atoms with Gasteiger partial charge >= 0.3 is 0 Å². The van der Waals surface area contributed by atoms with Crippen LogP contribution in [0.15, 0.2) is 0 Å². The number of hydrogen-bond acceptors (Lipinski definition) is 4. The summed E-state index contributed by atoms with van der Waals surface area (Å²) in [5.74, 6) is 0.406. The third kappa shape index (κ3) is 6.89. The van der Waals surface area contributed by atoms with Crippen LogP contribution in [0.25, 0.3) is 0 Å². The summed E-state index contributed by atoms with van der Waals surface area (Å²) in [6.45, 7) is 7.72. The van der Waals surface area contributed by atoms with Crippen molar-refractivity contribution in [2.45, 2.75) is 51.7 Å². The smallest absolute Gasteiger partial charge is 0.236 e. The molecule has 1 atom stereocenters. The molecule has 112 valence electrons. The lowest BCUT2D eigenvalue weighted by Gasteiger charge is -2.29. The molecule has 5 nitrogen and oxygen atoms in total. The van der Waals surface area contributed by atoms with Gasteiger partial charge in [0, 0.05) is 19.6 Å². The van der Waals surface area contributed by atoms with E-state index in [1.165, 1.54) is 0 Å². The molecule has 1 fully saturated rings. The molecule has 0 aromatic heterocycles. The van der Waals surface area contributed by atoms with Crippen molar-refractivity contribution in [1.29, 1.82) is 0 Å². The highest BCUT2D eigenvalue weighted by atomic mass is 16.3. The maximum Gasteiger partial charge on any atom is 0.236 e. The molecule has 0 spiro atoms. The molecular formula is C14H29N3O2. The molecular weight excluding hydrogens is 242 g/mol. The van der Waals surface area contributed by atoms with Crippen LogP contribution < -0.4 is 11.1 Å². The molecule has 0 bridgehead atoms. The van der Waals surface area contributed by atoms with Crippen LogP contribution in [0.4, 0.5) is 0 Å². The lowest BCUT2D eigenvalue weighted by atomic mass is 10.0. The summed E-state index contributed by atoms with van der Waals surface area (Å²) in [6.07, 6.45) is 3.29. The third-order valence-electron chi connectivity index (χ3n) is 3.57. The Kier molecular flexibility index (Phi) is 7.34. The fraction of sp³-hybridized carbons (Fsp3) is 0.929. The SMILES string of the molecule is CC(C)C[C@H](N)C(=O)NCCCN1CCC(O)CC1. The van der Waals surface area contributed by atoms with Gasteiger partial charge < -0.3 is 21.1 Å². The van der Waals surface area contributed by atoms with Gasteiger partial charge in [0.1, 0.15) is 0 Å². The van der Waals surface area contributed by atoms with Crippen LogP contribution in [0.3, 0.4) is 0 Å². The second kappa shape index (κ2) is 8.51. The molecule has 5 heteroatoms. The molecule has 1 aliphatic heterocycles. The lowest BCUT2D eigenvalue weighted by molar-refractivity contribution is -0.122. The van der Waals surface area contributed by atoms with Crippen molar-refractivity contribution in [3.8, 4) is 0 Å². The molecule has 4 N–H and O–H groups in total. The molecule has 1 aliphatic rings. The molecule has 0 unspecified atom stereocenters. The van der Waals surface area contributed by atoms with Crippen LogP contribution in [-0.2, 0) is 4.79 Å². The number of likely N-dealkylation sites (tertiary alicyclic amines) is 1. The van der Waals surface area contributed by atoms with Crippen molar-refractivity contribution in [2.24, 2.45) is 11.7 Å². The molecule has 1 amide bonds. The van der Waals surface area contributed by atoms with E-state index in [1.807, 2.05) is 0 Å². The number of rotatable bonds is 7. The monoisotopic (exact) mass is 271 g/mol. The molecule has 19 heavy (non-hydrogen) atoms. The first kappa shape index (κ1) is 16.4. The van der Waals surface area contributed by atoms with Crippen LogP contribution in [0, 0.1) is 5.92 Å². The van der Waals surface area contributed by atoms with E-state index in [4.69, 9.17) is 5.73 Å². The molecule has 1 saturated heterocycles. The Morgan fingerprint density at radius 1 is 1.42 bits per heavy atom. The van der Waals surface area contributed by atoms with E-state index in [0.29, 0.717) is 12.5 Å². The first-order chi connectivity index (χ1) is 8.99. The highest BCUT2D eigenvalue weighted by Crippen LogP contribution is 2.09. The van der Waals surface area contributed by atoms with Crippen LogP contribution in [0.2, 0.25) is 0 Å². The van der Waals surface area contributed by atoms with Crippen molar-refractivity contribution in [3.05, 3.63) is 0 Å². The maximum absolute atomic E-state index is 11.7. The Hall–Kier alpha value is -0.650. The fourth-order valence-electron chi connectivity index (χ4n) is 2.40. The molecule has 0 aromatic rings. The number of hydrogen-bond donors (Lipinski definition) is 3. The topological polar surface area (TPSA) is 78.6 Å². The minimum atomic E-state index is -0.384. The molecule has 1 rings (SSSR count). The van der Waals surface area contributed by atoms with Gasteiger partial charge in [0.25, 0.3) is 0 Å². The number of nitrogens with two attached hydrogens (primary N) is 1. The minimum Gasteiger partial charge on any atom is -0.393 e. The average Bonchev–Trinajstić information content (AvgIpc) is 2.35. The number of aliphatic hydroxyl groups is 1. The summed E-state index contributed by atoms with van der Waals surface area (Å²) in [4.78, 5) is 14.0.